The van der Waals surface area contributed by atoms with E-state index in [2.05, 4.69) is 41.5 Å². The van der Waals surface area contributed by atoms with Crippen LogP contribution in [0.1, 0.15) is 42.4 Å². The van der Waals surface area contributed by atoms with Gasteiger partial charge in [0.25, 0.3) is 0 Å². The number of nitrogens with one attached hydrogen (secondary N) is 1. The maximum atomic E-state index is 11.7. The third-order valence-corrected chi connectivity index (χ3v) is 5.06. The first-order valence-corrected chi connectivity index (χ1v) is 9.27. The van der Waals surface area contributed by atoms with Gasteiger partial charge in [0.05, 0.1) is 23.3 Å². The molecule has 2 aromatic heterocycles. The van der Waals surface area contributed by atoms with Crippen molar-refractivity contribution in [3.63, 3.8) is 0 Å². The summed E-state index contributed by atoms with van der Waals surface area (Å²) in [6, 6.07) is 12.6. The minimum absolute atomic E-state index is 0.0137. The van der Waals surface area contributed by atoms with E-state index in [1.807, 2.05) is 18.3 Å². The summed E-state index contributed by atoms with van der Waals surface area (Å²) >= 11 is 0. The van der Waals surface area contributed by atoms with Gasteiger partial charge in [0, 0.05) is 18.6 Å². The Balaban J connectivity index is 1.80. The van der Waals surface area contributed by atoms with E-state index in [1.54, 1.807) is 7.05 Å². The van der Waals surface area contributed by atoms with Gasteiger partial charge >= 0.3 is 0 Å². The van der Waals surface area contributed by atoms with Crippen LogP contribution in [0.3, 0.4) is 0 Å². The Hall–Kier alpha value is -2.75. The number of carbonyl (C=O) groups is 1. The van der Waals surface area contributed by atoms with Gasteiger partial charge < -0.3 is 5.32 Å². The molecule has 0 spiro atoms. The van der Waals surface area contributed by atoms with Gasteiger partial charge in [0.1, 0.15) is 0 Å². The van der Waals surface area contributed by atoms with Crippen LogP contribution in [0.15, 0.2) is 42.6 Å². The number of hydrogen-bond acceptors (Lipinski definition) is 3. The topological polar surface area (TPSA) is 54.9 Å². The van der Waals surface area contributed by atoms with Crippen LogP contribution >= 0.6 is 0 Å². The van der Waals surface area contributed by atoms with Crippen LogP contribution in [0.2, 0.25) is 0 Å². The number of hydrogen-bond donors (Lipinski definition) is 1. The lowest BCUT2D eigenvalue weighted by atomic mass is 10.00. The molecule has 0 atom stereocenters. The van der Waals surface area contributed by atoms with Gasteiger partial charge in [-0.05, 0) is 60.1 Å². The second-order valence-electron chi connectivity index (χ2n) is 6.98. The molecular weight excluding hydrogens is 322 g/mol. The van der Waals surface area contributed by atoms with Crippen molar-refractivity contribution in [2.45, 2.75) is 38.5 Å². The number of aryl methyl sites for hydroxylation is 1. The Kier molecular flexibility index (Phi) is 4.41. The molecule has 132 valence electrons. The first-order valence-electron chi connectivity index (χ1n) is 9.27. The van der Waals surface area contributed by atoms with Crippen LogP contribution in [0.5, 0.6) is 0 Å². The number of likely N-dealkylation sites (N-methyl/N-ethyl adjacent to an activating group) is 1. The molecular formula is C22H23N3O. The van der Waals surface area contributed by atoms with E-state index in [9.17, 15) is 4.79 Å². The fourth-order valence-corrected chi connectivity index (χ4v) is 3.33. The average molecular weight is 345 g/mol. The molecule has 1 aromatic carbocycles. The number of amides is 1. The monoisotopic (exact) mass is 345 g/mol. The van der Waals surface area contributed by atoms with E-state index >= 15 is 0 Å². The molecule has 1 aliphatic carbocycles. The van der Waals surface area contributed by atoms with Crippen LogP contribution in [0, 0.1) is 0 Å². The predicted octanol–water partition coefficient (Wildman–Crippen LogP) is 4.03. The number of nitrogens with zero attached hydrogens (tertiary/aromatic N) is 2. The first-order chi connectivity index (χ1) is 12.7. The lowest BCUT2D eigenvalue weighted by Crippen LogP contribution is -2.19. The number of aromatic nitrogens is 2. The molecule has 3 aromatic rings. The van der Waals surface area contributed by atoms with Crippen molar-refractivity contribution in [1.82, 2.24) is 15.3 Å². The molecule has 0 unspecified atom stereocenters. The first kappa shape index (κ1) is 16.7. The molecule has 0 saturated heterocycles. The molecule has 4 heteroatoms. The van der Waals surface area contributed by atoms with Crippen molar-refractivity contribution in [1.29, 1.82) is 0 Å². The molecule has 1 aliphatic rings. The molecule has 26 heavy (non-hydrogen) atoms. The number of pyridine rings is 2. The Morgan fingerprint density at radius 3 is 2.58 bits per heavy atom. The minimum Gasteiger partial charge on any atom is -0.359 e. The van der Waals surface area contributed by atoms with Crippen LogP contribution in [-0.4, -0.2) is 22.9 Å². The highest BCUT2D eigenvalue weighted by Crippen LogP contribution is 2.44. The molecule has 1 amide bonds. The summed E-state index contributed by atoms with van der Waals surface area (Å²) in [6.45, 7) is 2.13. The zero-order valence-electron chi connectivity index (χ0n) is 15.2. The fraction of sp³-hybridized carbons (Fsp3) is 0.318. The van der Waals surface area contributed by atoms with Crippen molar-refractivity contribution in [2.75, 3.05) is 7.05 Å². The zero-order valence-corrected chi connectivity index (χ0v) is 15.2. The molecule has 4 nitrogen and oxygen atoms in total. The third-order valence-electron chi connectivity index (χ3n) is 5.06. The van der Waals surface area contributed by atoms with Crippen molar-refractivity contribution in [3.8, 4) is 11.4 Å². The summed E-state index contributed by atoms with van der Waals surface area (Å²) in [5.41, 5.74) is 6.34. The van der Waals surface area contributed by atoms with Gasteiger partial charge in [0.2, 0.25) is 5.91 Å². The molecule has 2 heterocycles. The highest BCUT2D eigenvalue weighted by Gasteiger charge is 2.26. The smallest absolute Gasteiger partial charge is 0.224 e. The van der Waals surface area contributed by atoms with Crippen molar-refractivity contribution in [3.05, 3.63) is 59.3 Å². The van der Waals surface area contributed by atoms with Crippen LogP contribution in [0.25, 0.3) is 22.3 Å². The Labute approximate surface area is 153 Å². The SMILES string of the molecule is CCc1ccc(-c2cc(C3CC3)c3ccc(CC(=O)NC)cc3n2)nc1. The Morgan fingerprint density at radius 2 is 1.92 bits per heavy atom. The highest BCUT2D eigenvalue weighted by atomic mass is 16.1. The van der Waals surface area contributed by atoms with Gasteiger partial charge in [-0.15, -0.1) is 0 Å². The van der Waals surface area contributed by atoms with E-state index in [4.69, 9.17) is 4.98 Å². The van der Waals surface area contributed by atoms with E-state index in [1.165, 1.54) is 29.4 Å². The second-order valence-corrected chi connectivity index (χ2v) is 6.98. The molecule has 0 bridgehead atoms. The molecule has 1 saturated carbocycles. The predicted molar refractivity (Wildman–Crippen MR) is 104 cm³/mol. The van der Waals surface area contributed by atoms with Crippen LogP contribution < -0.4 is 5.32 Å². The largest absolute Gasteiger partial charge is 0.359 e. The summed E-state index contributed by atoms with van der Waals surface area (Å²) in [4.78, 5) is 21.2. The standard InChI is InChI=1S/C22H23N3O/c1-3-14-5-9-19(24-13-14)21-12-18(16-6-7-16)17-8-4-15(10-20(17)25-21)11-22(26)23-2/h4-5,8-10,12-13,16H,3,6-7,11H2,1-2H3,(H,23,26). The Bertz CT molecular complexity index is 959. The van der Waals surface area contributed by atoms with Gasteiger partial charge in [0.15, 0.2) is 0 Å². The number of rotatable bonds is 5. The lowest BCUT2D eigenvalue weighted by Gasteiger charge is -2.11. The molecule has 0 aliphatic heterocycles. The molecule has 1 N–H and O–H groups in total. The third kappa shape index (κ3) is 3.32. The fourth-order valence-electron chi connectivity index (χ4n) is 3.33. The van der Waals surface area contributed by atoms with Gasteiger partial charge in [-0.25, -0.2) is 4.98 Å². The summed E-state index contributed by atoms with van der Waals surface area (Å²) in [5, 5.41) is 3.88. The molecule has 4 rings (SSSR count). The maximum Gasteiger partial charge on any atom is 0.224 e. The quantitative estimate of drug-likeness (QED) is 0.760. The summed E-state index contributed by atoms with van der Waals surface area (Å²) < 4.78 is 0. The van der Waals surface area contributed by atoms with Crippen molar-refractivity contribution in [2.24, 2.45) is 0 Å². The highest BCUT2D eigenvalue weighted by molar-refractivity contribution is 5.87. The zero-order chi connectivity index (χ0) is 18.1. The average Bonchev–Trinajstić information content (AvgIpc) is 3.52. The van der Waals surface area contributed by atoms with E-state index in [0.717, 1.165) is 28.9 Å². The van der Waals surface area contributed by atoms with Gasteiger partial charge in [-0.2, -0.15) is 0 Å². The van der Waals surface area contributed by atoms with Crippen molar-refractivity contribution >= 4 is 16.8 Å². The summed E-state index contributed by atoms with van der Waals surface area (Å²) in [5.74, 6) is 0.638. The van der Waals surface area contributed by atoms with E-state index in [-0.39, 0.29) is 5.91 Å². The lowest BCUT2D eigenvalue weighted by molar-refractivity contribution is -0.119. The second kappa shape index (κ2) is 6.87. The van der Waals surface area contributed by atoms with Gasteiger partial charge in [-0.1, -0.05) is 25.1 Å². The summed E-state index contributed by atoms with van der Waals surface area (Å²) in [6.07, 6.45) is 5.76. The van der Waals surface area contributed by atoms with E-state index in [0.29, 0.717) is 12.3 Å². The van der Waals surface area contributed by atoms with Crippen LogP contribution in [0.4, 0.5) is 0 Å². The normalized spacial score (nSPS) is 13.8. The van der Waals surface area contributed by atoms with Crippen molar-refractivity contribution < 1.29 is 4.79 Å². The minimum atomic E-state index is 0.0137. The van der Waals surface area contributed by atoms with E-state index < -0.39 is 0 Å². The summed E-state index contributed by atoms with van der Waals surface area (Å²) in [7, 11) is 1.66. The van der Waals surface area contributed by atoms with Gasteiger partial charge in [-0.3, -0.25) is 9.78 Å². The number of carbonyl (C=O) groups excluding carboxylic acids is 1. The number of fused-ring (bicyclic) bond motifs is 1. The molecule has 1 fully saturated rings. The molecule has 0 radical (unpaired) electrons. The number of benzene rings is 1. The maximum absolute atomic E-state index is 11.7. The van der Waals surface area contributed by atoms with Crippen LogP contribution in [-0.2, 0) is 17.6 Å². The Morgan fingerprint density at radius 1 is 1.12 bits per heavy atom.